The summed E-state index contributed by atoms with van der Waals surface area (Å²) in [5.41, 5.74) is 0.347. The van der Waals surface area contributed by atoms with E-state index in [9.17, 15) is 21.6 Å². The molecule has 0 saturated carbocycles. The number of benzene rings is 3. The van der Waals surface area contributed by atoms with Gasteiger partial charge in [0.15, 0.2) is 0 Å². The highest BCUT2D eigenvalue weighted by atomic mass is 32.2. The van der Waals surface area contributed by atoms with Gasteiger partial charge in [0.1, 0.15) is 11.8 Å². The maximum absolute atomic E-state index is 13.5. The Kier molecular flexibility index (Phi) is 7.22. The van der Waals surface area contributed by atoms with Gasteiger partial charge in [0, 0.05) is 19.6 Å². The molecular formula is C24H25N3O6S2. The summed E-state index contributed by atoms with van der Waals surface area (Å²) in [7, 11) is -6.57. The van der Waals surface area contributed by atoms with E-state index in [1.807, 2.05) is 0 Å². The van der Waals surface area contributed by atoms with Gasteiger partial charge in [0.2, 0.25) is 26.0 Å². The van der Waals surface area contributed by atoms with E-state index in [0.29, 0.717) is 11.4 Å². The van der Waals surface area contributed by atoms with E-state index in [2.05, 4.69) is 5.32 Å². The van der Waals surface area contributed by atoms with Gasteiger partial charge in [-0.25, -0.2) is 16.8 Å². The molecule has 1 amide bonds. The fourth-order valence-electron chi connectivity index (χ4n) is 3.89. The Morgan fingerprint density at radius 3 is 1.94 bits per heavy atom. The first-order chi connectivity index (χ1) is 16.7. The molecule has 1 heterocycles. The minimum atomic E-state index is -4.08. The molecule has 3 aromatic carbocycles. The van der Waals surface area contributed by atoms with Crippen LogP contribution in [0.4, 0.5) is 5.69 Å². The van der Waals surface area contributed by atoms with Gasteiger partial charge < -0.3 is 10.1 Å². The molecule has 0 aromatic heterocycles. The summed E-state index contributed by atoms with van der Waals surface area (Å²) in [6.07, 6.45) is 0. The second kappa shape index (κ2) is 10.2. The lowest BCUT2D eigenvalue weighted by Gasteiger charge is -2.39. The number of hydrogen-bond donors (Lipinski definition) is 1. The number of nitrogens with zero attached hydrogens (tertiary/aromatic N) is 2. The SMILES string of the molecule is COc1ccccc1NC(=O)[C@@H]1CN(S(=O)(=O)c2ccccc2)CCN1S(=O)(=O)c1ccccc1. The predicted octanol–water partition coefficient (Wildman–Crippen LogP) is 2.40. The van der Waals surface area contributed by atoms with Crippen molar-refractivity contribution in [3.8, 4) is 5.75 Å². The van der Waals surface area contributed by atoms with Crippen LogP contribution < -0.4 is 10.1 Å². The van der Waals surface area contributed by atoms with Crippen molar-refractivity contribution in [2.45, 2.75) is 15.8 Å². The Labute approximate surface area is 205 Å². The minimum Gasteiger partial charge on any atom is -0.495 e. The molecular weight excluding hydrogens is 490 g/mol. The number of piperazine rings is 1. The lowest BCUT2D eigenvalue weighted by Crippen LogP contribution is -2.60. The fraction of sp³-hybridized carbons (Fsp3) is 0.208. The number of amides is 1. The maximum atomic E-state index is 13.5. The lowest BCUT2D eigenvalue weighted by atomic mass is 10.2. The number of methoxy groups -OCH3 is 1. The van der Waals surface area contributed by atoms with Gasteiger partial charge in [-0.15, -0.1) is 0 Å². The number of hydrogen-bond acceptors (Lipinski definition) is 6. The number of carbonyl (C=O) groups is 1. The van der Waals surface area contributed by atoms with Gasteiger partial charge in [0.05, 0.1) is 22.6 Å². The molecule has 0 unspecified atom stereocenters. The number of para-hydroxylation sites is 2. The van der Waals surface area contributed by atoms with E-state index < -0.39 is 32.0 Å². The molecule has 1 atom stereocenters. The Hall–Kier alpha value is -3.25. The summed E-state index contributed by atoms with van der Waals surface area (Å²) in [6, 6.07) is 21.0. The number of ether oxygens (including phenoxy) is 1. The predicted molar refractivity (Wildman–Crippen MR) is 131 cm³/mol. The highest BCUT2D eigenvalue weighted by Crippen LogP contribution is 2.28. The van der Waals surface area contributed by atoms with E-state index >= 15 is 0 Å². The molecule has 1 N–H and O–H groups in total. The topological polar surface area (TPSA) is 113 Å². The van der Waals surface area contributed by atoms with Crippen molar-refractivity contribution < 1.29 is 26.4 Å². The number of sulfonamides is 2. The molecule has 0 spiro atoms. The molecule has 0 radical (unpaired) electrons. The molecule has 0 bridgehead atoms. The molecule has 1 saturated heterocycles. The zero-order chi connectivity index (χ0) is 25.1. The van der Waals surface area contributed by atoms with E-state index in [0.717, 1.165) is 8.61 Å². The molecule has 1 aliphatic rings. The molecule has 184 valence electrons. The van der Waals surface area contributed by atoms with Gasteiger partial charge in [-0.1, -0.05) is 48.5 Å². The van der Waals surface area contributed by atoms with Gasteiger partial charge >= 0.3 is 0 Å². The molecule has 35 heavy (non-hydrogen) atoms. The van der Waals surface area contributed by atoms with E-state index in [1.54, 1.807) is 60.7 Å². The third-order valence-electron chi connectivity index (χ3n) is 5.69. The summed E-state index contributed by atoms with van der Waals surface area (Å²) < 4.78 is 60.9. The first-order valence-electron chi connectivity index (χ1n) is 10.8. The summed E-state index contributed by atoms with van der Waals surface area (Å²) >= 11 is 0. The van der Waals surface area contributed by atoms with Crippen LogP contribution >= 0.6 is 0 Å². The monoisotopic (exact) mass is 515 g/mol. The van der Waals surface area contributed by atoms with Crippen molar-refractivity contribution in [2.24, 2.45) is 0 Å². The normalized spacial score (nSPS) is 17.6. The van der Waals surface area contributed by atoms with Gasteiger partial charge in [-0.2, -0.15) is 8.61 Å². The summed E-state index contributed by atoms with van der Waals surface area (Å²) in [5, 5.41) is 2.70. The Morgan fingerprint density at radius 1 is 0.800 bits per heavy atom. The molecule has 1 fully saturated rings. The van der Waals surface area contributed by atoms with Crippen LogP contribution in [0.25, 0.3) is 0 Å². The molecule has 1 aliphatic heterocycles. The summed E-state index contributed by atoms with van der Waals surface area (Å²) in [6.45, 7) is -0.626. The number of carbonyl (C=O) groups excluding carboxylic acids is 1. The molecule has 11 heteroatoms. The smallest absolute Gasteiger partial charge is 0.244 e. The fourth-order valence-corrected chi connectivity index (χ4v) is 6.94. The molecule has 9 nitrogen and oxygen atoms in total. The Bertz CT molecular complexity index is 1400. The quantitative estimate of drug-likeness (QED) is 0.517. The Balaban J connectivity index is 1.70. The number of rotatable bonds is 7. The third kappa shape index (κ3) is 5.08. The number of anilines is 1. The standard InChI is InChI=1S/C24H25N3O6S2/c1-33-23-15-9-8-14-21(23)25-24(28)22-18-26(34(29,30)19-10-4-2-5-11-19)16-17-27(22)35(31,32)20-12-6-3-7-13-20/h2-15,22H,16-18H2,1H3,(H,25,28)/t22-/m0/s1. The second-order valence-electron chi connectivity index (χ2n) is 7.81. The maximum Gasteiger partial charge on any atom is 0.244 e. The third-order valence-corrected chi connectivity index (χ3v) is 9.49. The first kappa shape index (κ1) is 24.9. The number of nitrogens with one attached hydrogen (secondary N) is 1. The van der Waals surface area contributed by atoms with Crippen LogP contribution in [0, 0.1) is 0 Å². The van der Waals surface area contributed by atoms with Crippen molar-refractivity contribution in [3.05, 3.63) is 84.9 Å². The zero-order valence-electron chi connectivity index (χ0n) is 18.9. The largest absolute Gasteiger partial charge is 0.495 e. The second-order valence-corrected chi connectivity index (χ2v) is 11.6. The molecule has 0 aliphatic carbocycles. The summed E-state index contributed by atoms with van der Waals surface area (Å²) in [5.74, 6) is -0.273. The van der Waals surface area contributed by atoms with Crippen molar-refractivity contribution in [1.29, 1.82) is 0 Å². The van der Waals surface area contributed by atoms with Crippen LogP contribution in [0.15, 0.2) is 94.7 Å². The van der Waals surface area contributed by atoms with Crippen LogP contribution in [0.3, 0.4) is 0 Å². The lowest BCUT2D eigenvalue weighted by molar-refractivity contribution is -0.120. The van der Waals surface area contributed by atoms with E-state index in [-0.39, 0.29) is 29.4 Å². The van der Waals surface area contributed by atoms with Gasteiger partial charge in [0.25, 0.3) is 0 Å². The highest BCUT2D eigenvalue weighted by Gasteiger charge is 2.43. The van der Waals surface area contributed by atoms with Crippen LogP contribution in [0.2, 0.25) is 0 Å². The van der Waals surface area contributed by atoms with E-state index in [4.69, 9.17) is 4.74 Å². The van der Waals surface area contributed by atoms with Crippen molar-refractivity contribution in [3.63, 3.8) is 0 Å². The van der Waals surface area contributed by atoms with Crippen molar-refractivity contribution in [2.75, 3.05) is 32.1 Å². The van der Waals surface area contributed by atoms with Crippen LogP contribution in [0.5, 0.6) is 5.75 Å². The van der Waals surface area contributed by atoms with Crippen LogP contribution in [-0.4, -0.2) is 64.1 Å². The van der Waals surface area contributed by atoms with Crippen molar-refractivity contribution in [1.82, 2.24) is 8.61 Å². The van der Waals surface area contributed by atoms with Crippen LogP contribution in [0.1, 0.15) is 0 Å². The van der Waals surface area contributed by atoms with Gasteiger partial charge in [-0.3, -0.25) is 4.79 Å². The first-order valence-corrected chi connectivity index (χ1v) is 13.7. The Morgan fingerprint density at radius 2 is 1.34 bits per heavy atom. The molecule has 4 rings (SSSR count). The average molecular weight is 516 g/mol. The highest BCUT2D eigenvalue weighted by molar-refractivity contribution is 7.89. The van der Waals surface area contributed by atoms with Crippen molar-refractivity contribution >= 4 is 31.6 Å². The van der Waals surface area contributed by atoms with E-state index in [1.165, 1.54) is 31.4 Å². The van der Waals surface area contributed by atoms with Crippen LogP contribution in [-0.2, 0) is 24.8 Å². The minimum absolute atomic E-state index is 0.0226. The van der Waals surface area contributed by atoms with Gasteiger partial charge in [-0.05, 0) is 36.4 Å². The zero-order valence-corrected chi connectivity index (χ0v) is 20.6. The average Bonchev–Trinajstić information content (AvgIpc) is 2.89. The summed E-state index contributed by atoms with van der Waals surface area (Å²) in [4.78, 5) is 13.5. The molecule has 3 aromatic rings.